The molecule has 0 aliphatic heterocycles. The first-order valence-corrected chi connectivity index (χ1v) is 4.87. The molecule has 0 atom stereocenters. The van der Waals surface area contributed by atoms with Crippen molar-refractivity contribution in [3.8, 4) is 0 Å². The molecule has 4 heteroatoms. The molecule has 2 rings (SSSR count). The molecule has 2 aromatic rings. The zero-order chi connectivity index (χ0) is 10.8. The lowest BCUT2D eigenvalue weighted by molar-refractivity contribution is -0.136. The Labute approximate surface area is 87.1 Å². The van der Waals surface area contributed by atoms with Gasteiger partial charge in [-0.25, -0.2) is 0 Å². The van der Waals surface area contributed by atoms with Gasteiger partial charge in [-0.1, -0.05) is 12.1 Å². The predicted octanol–water partition coefficient (Wildman–Crippen LogP) is 1.68. The Bertz CT molecular complexity index is 502. The van der Waals surface area contributed by atoms with E-state index in [0.29, 0.717) is 0 Å². The summed E-state index contributed by atoms with van der Waals surface area (Å²) in [7, 11) is 0. The van der Waals surface area contributed by atoms with Gasteiger partial charge in [0.1, 0.15) is 0 Å². The molecule has 0 fully saturated rings. The Hall–Kier alpha value is -1.84. The van der Waals surface area contributed by atoms with Crippen LogP contribution in [0.1, 0.15) is 12.5 Å². The third-order valence-corrected chi connectivity index (χ3v) is 2.30. The maximum Gasteiger partial charge on any atom is 0.307 e. The molecule has 1 aromatic carbocycles. The average molecular weight is 204 g/mol. The van der Waals surface area contributed by atoms with E-state index in [2.05, 4.69) is 5.10 Å². The van der Waals surface area contributed by atoms with E-state index < -0.39 is 5.97 Å². The van der Waals surface area contributed by atoms with E-state index in [-0.39, 0.29) is 6.42 Å². The lowest BCUT2D eigenvalue weighted by Crippen LogP contribution is -1.99. The van der Waals surface area contributed by atoms with Gasteiger partial charge in [-0.05, 0) is 18.6 Å². The van der Waals surface area contributed by atoms with Crippen molar-refractivity contribution in [2.45, 2.75) is 19.9 Å². The van der Waals surface area contributed by atoms with Gasteiger partial charge in [0, 0.05) is 18.1 Å². The van der Waals surface area contributed by atoms with E-state index in [9.17, 15) is 4.79 Å². The van der Waals surface area contributed by atoms with Gasteiger partial charge in [-0.2, -0.15) is 5.10 Å². The molecular weight excluding hydrogens is 192 g/mol. The van der Waals surface area contributed by atoms with E-state index in [1.165, 1.54) is 0 Å². The van der Waals surface area contributed by atoms with Crippen LogP contribution in [0, 0.1) is 0 Å². The Morgan fingerprint density at radius 1 is 1.53 bits per heavy atom. The van der Waals surface area contributed by atoms with Gasteiger partial charge in [0.05, 0.1) is 11.9 Å². The number of aliphatic carboxylic acids is 1. The van der Waals surface area contributed by atoms with Crippen molar-refractivity contribution in [2.75, 3.05) is 0 Å². The molecule has 0 saturated heterocycles. The number of fused-ring (bicyclic) bond motifs is 1. The second-order valence-corrected chi connectivity index (χ2v) is 3.45. The standard InChI is InChI=1S/C11H12N2O2/c1-2-13-7-9-4-3-8(6-11(14)15)5-10(9)12-13/h3-5,7H,2,6H2,1H3,(H,14,15). The van der Waals surface area contributed by atoms with Crippen LogP contribution >= 0.6 is 0 Å². The van der Waals surface area contributed by atoms with Crippen LogP contribution in [0.25, 0.3) is 10.9 Å². The molecule has 1 N–H and O–H groups in total. The lowest BCUT2D eigenvalue weighted by Gasteiger charge is -1.95. The van der Waals surface area contributed by atoms with Gasteiger partial charge >= 0.3 is 5.97 Å². The summed E-state index contributed by atoms with van der Waals surface area (Å²) < 4.78 is 1.84. The quantitative estimate of drug-likeness (QED) is 0.827. The molecule has 1 aromatic heterocycles. The van der Waals surface area contributed by atoms with Crippen LogP contribution in [0.5, 0.6) is 0 Å². The number of nitrogens with zero attached hydrogens (tertiary/aromatic N) is 2. The highest BCUT2D eigenvalue weighted by Crippen LogP contribution is 2.14. The molecule has 0 radical (unpaired) electrons. The SMILES string of the molecule is CCn1cc2ccc(CC(=O)O)cc2n1. The minimum absolute atomic E-state index is 0.0505. The van der Waals surface area contributed by atoms with Crippen molar-refractivity contribution < 1.29 is 9.90 Å². The number of carboxylic acid groups (broad SMARTS) is 1. The summed E-state index contributed by atoms with van der Waals surface area (Å²) in [5.41, 5.74) is 1.65. The largest absolute Gasteiger partial charge is 0.481 e. The zero-order valence-electron chi connectivity index (χ0n) is 8.47. The predicted molar refractivity (Wildman–Crippen MR) is 56.7 cm³/mol. The maximum absolute atomic E-state index is 10.5. The number of hydrogen-bond acceptors (Lipinski definition) is 2. The fraction of sp³-hybridized carbons (Fsp3) is 0.273. The van der Waals surface area contributed by atoms with Crippen molar-refractivity contribution in [1.82, 2.24) is 9.78 Å². The van der Waals surface area contributed by atoms with Gasteiger partial charge in [0.2, 0.25) is 0 Å². The van der Waals surface area contributed by atoms with E-state index in [4.69, 9.17) is 5.11 Å². The van der Waals surface area contributed by atoms with Gasteiger partial charge in [-0.15, -0.1) is 0 Å². The number of hydrogen-bond donors (Lipinski definition) is 1. The van der Waals surface area contributed by atoms with E-state index >= 15 is 0 Å². The van der Waals surface area contributed by atoms with Crippen LogP contribution in [0.2, 0.25) is 0 Å². The van der Waals surface area contributed by atoms with Crippen molar-refractivity contribution in [3.05, 3.63) is 30.0 Å². The number of carbonyl (C=O) groups is 1. The summed E-state index contributed by atoms with van der Waals surface area (Å²) in [6.07, 6.45) is 2.01. The summed E-state index contributed by atoms with van der Waals surface area (Å²) >= 11 is 0. The highest BCUT2D eigenvalue weighted by atomic mass is 16.4. The van der Waals surface area contributed by atoms with Crippen molar-refractivity contribution in [3.63, 3.8) is 0 Å². The molecule has 0 amide bonds. The maximum atomic E-state index is 10.5. The molecule has 0 unspecified atom stereocenters. The van der Waals surface area contributed by atoms with Crippen molar-refractivity contribution >= 4 is 16.9 Å². The molecule has 0 aliphatic rings. The molecule has 1 heterocycles. The van der Waals surface area contributed by atoms with Gasteiger partial charge in [0.15, 0.2) is 0 Å². The second-order valence-electron chi connectivity index (χ2n) is 3.45. The summed E-state index contributed by atoms with van der Waals surface area (Å²) in [4.78, 5) is 10.5. The van der Waals surface area contributed by atoms with Crippen LogP contribution in [-0.4, -0.2) is 20.9 Å². The molecule has 0 aliphatic carbocycles. The smallest absolute Gasteiger partial charge is 0.307 e. The van der Waals surface area contributed by atoms with Crippen molar-refractivity contribution in [1.29, 1.82) is 0 Å². The number of carboxylic acids is 1. The minimum atomic E-state index is -0.815. The monoisotopic (exact) mass is 204 g/mol. The van der Waals surface area contributed by atoms with Crippen LogP contribution in [-0.2, 0) is 17.8 Å². The number of rotatable bonds is 3. The third kappa shape index (κ3) is 1.98. The Morgan fingerprint density at radius 3 is 3.00 bits per heavy atom. The van der Waals surface area contributed by atoms with E-state index in [1.54, 1.807) is 0 Å². The van der Waals surface area contributed by atoms with Gasteiger partial charge in [0.25, 0.3) is 0 Å². The fourth-order valence-corrected chi connectivity index (χ4v) is 1.56. The molecule has 4 nitrogen and oxygen atoms in total. The highest BCUT2D eigenvalue weighted by molar-refractivity contribution is 5.80. The van der Waals surface area contributed by atoms with Crippen LogP contribution in [0.4, 0.5) is 0 Å². The topological polar surface area (TPSA) is 55.1 Å². The highest BCUT2D eigenvalue weighted by Gasteiger charge is 2.04. The Balaban J connectivity index is 2.41. The molecule has 15 heavy (non-hydrogen) atoms. The van der Waals surface area contributed by atoms with Gasteiger partial charge in [-0.3, -0.25) is 9.48 Å². The Kier molecular flexibility index (Phi) is 2.41. The molecular formula is C11H12N2O2. The van der Waals surface area contributed by atoms with Gasteiger partial charge < -0.3 is 5.11 Å². The molecule has 0 bridgehead atoms. The number of aryl methyl sites for hydroxylation is 1. The van der Waals surface area contributed by atoms with Crippen molar-refractivity contribution in [2.24, 2.45) is 0 Å². The number of aromatic nitrogens is 2. The Morgan fingerprint density at radius 2 is 2.33 bits per heavy atom. The minimum Gasteiger partial charge on any atom is -0.481 e. The van der Waals surface area contributed by atoms with E-state index in [0.717, 1.165) is 23.0 Å². The summed E-state index contributed by atoms with van der Waals surface area (Å²) in [5.74, 6) is -0.815. The first-order valence-electron chi connectivity index (χ1n) is 4.87. The average Bonchev–Trinajstić information content (AvgIpc) is 2.58. The first kappa shape index (κ1) is 9.71. The first-order chi connectivity index (χ1) is 7.19. The molecule has 0 spiro atoms. The summed E-state index contributed by atoms with van der Waals surface area (Å²) in [5, 5.41) is 14.0. The number of benzene rings is 1. The fourth-order valence-electron chi connectivity index (χ4n) is 1.56. The van der Waals surface area contributed by atoms with E-state index in [1.807, 2.05) is 36.0 Å². The summed E-state index contributed by atoms with van der Waals surface area (Å²) in [6, 6.07) is 5.57. The molecule has 0 saturated carbocycles. The lowest BCUT2D eigenvalue weighted by atomic mass is 10.1. The normalized spacial score (nSPS) is 10.7. The third-order valence-electron chi connectivity index (χ3n) is 2.30. The second kappa shape index (κ2) is 3.73. The zero-order valence-corrected chi connectivity index (χ0v) is 8.47. The van der Waals surface area contributed by atoms with Crippen LogP contribution < -0.4 is 0 Å². The molecule has 78 valence electrons. The summed E-state index contributed by atoms with van der Waals surface area (Å²) in [6.45, 7) is 2.84. The van der Waals surface area contributed by atoms with Crippen LogP contribution in [0.15, 0.2) is 24.4 Å². The van der Waals surface area contributed by atoms with Crippen LogP contribution in [0.3, 0.4) is 0 Å².